The van der Waals surface area contributed by atoms with Gasteiger partial charge in [0.1, 0.15) is 0 Å². The number of nitrogens with one attached hydrogen (secondary N) is 1. The molecule has 2 aromatic heterocycles. The lowest BCUT2D eigenvalue weighted by molar-refractivity contribution is 0.578. The van der Waals surface area contributed by atoms with Crippen LogP contribution in [-0.4, -0.2) is 26.1 Å². The quantitative estimate of drug-likeness (QED) is 0.797. The lowest BCUT2D eigenvalue weighted by Crippen LogP contribution is -2.19. The van der Waals surface area contributed by atoms with Crippen LogP contribution in [0, 0.1) is 0 Å². The fourth-order valence-electron chi connectivity index (χ4n) is 2.23. The Morgan fingerprint density at radius 2 is 2.15 bits per heavy atom. The third kappa shape index (κ3) is 3.41. The second-order valence-corrected chi connectivity index (χ2v) is 5.20. The molecule has 0 amide bonds. The van der Waals surface area contributed by atoms with Crippen molar-refractivity contribution >= 4 is 11.6 Å². The number of hydrogen-bond donors (Lipinski definition) is 1. The Hall–Kier alpha value is -1.33. The smallest absolute Gasteiger partial charge is 0.0863 e. The van der Waals surface area contributed by atoms with E-state index in [0.29, 0.717) is 0 Å². The molecule has 0 aliphatic heterocycles. The number of hydrogen-bond acceptors (Lipinski definition) is 3. The molecule has 0 fully saturated rings. The van der Waals surface area contributed by atoms with Crippen LogP contribution >= 0.6 is 11.6 Å². The van der Waals surface area contributed by atoms with Crippen molar-refractivity contribution in [2.24, 2.45) is 7.05 Å². The lowest BCUT2D eigenvalue weighted by Gasteiger charge is -2.06. The van der Waals surface area contributed by atoms with Gasteiger partial charge in [-0.3, -0.25) is 9.36 Å². The lowest BCUT2D eigenvalue weighted by atomic mass is 10.2. The van der Waals surface area contributed by atoms with Crippen LogP contribution in [0.2, 0.25) is 5.02 Å². The van der Waals surface area contributed by atoms with Crippen LogP contribution in [0.3, 0.4) is 0 Å². The van der Waals surface area contributed by atoms with Crippen molar-refractivity contribution in [1.29, 1.82) is 0 Å². The van der Waals surface area contributed by atoms with Crippen LogP contribution in [0.25, 0.3) is 0 Å². The topological polar surface area (TPSA) is 47.7 Å². The van der Waals surface area contributed by atoms with Crippen molar-refractivity contribution in [3.05, 3.63) is 34.4 Å². The van der Waals surface area contributed by atoms with E-state index in [9.17, 15) is 0 Å². The summed E-state index contributed by atoms with van der Waals surface area (Å²) in [6.07, 6.45) is 5.78. The van der Waals surface area contributed by atoms with Gasteiger partial charge in [-0.05, 0) is 31.9 Å². The fraction of sp³-hybridized carbons (Fsp3) is 0.571. The summed E-state index contributed by atoms with van der Waals surface area (Å²) in [4.78, 5) is 0. The van der Waals surface area contributed by atoms with E-state index in [1.54, 1.807) is 0 Å². The number of nitrogens with zero attached hydrogens (tertiary/aromatic N) is 4. The van der Waals surface area contributed by atoms with Gasteiger partial charge in [0.2, 0.25) is 0 Å². The van der Waals surface area contributed by atoms with E-state index in [4.69, 9.17) is 11.6 Å². The molecular formula is C14H22ClN5. The number of halogens is 1. The molecule has 2 rings (SSSR count). The first kappa shape index (κ1) is 15.1. The van der Waals surface area contributed by atoms with Gasteiger partial charge in [0, 0.05) is 26.3 Å². The maximum absolute atomic E-state index is 6.37. The van der Waals surface area contributed by atoms with Gasteiger partial charge in [-0.2, -0.15) is 10.2 Å². The van der Waals surface area contributed by atoms with E-state index < -0.39 is 0 Å². The molecule has 0 aromatic carbocycles. The number of aromatic nitrogens is 4. The van der Waals surface area contributed by atoms with E-state index in [2.05, 4.69) is 29.4 Å². The summed E-state index contributed by atoms with van der Waals surface area (Å²) in [7, 11) is 1.93. The average molecular weight is 296 g/mol. The van der Waals surface area contributed by atoms with Gasteiger partial charge < -0.3 is 5.32 Å². The molecule has 6 heteroatoms. The highest BCUT2D eigenvalue weighted by Gasteiger charge is 2.13. The second-order valence-electron chi connectivity index (χ2n) is 4.83. The zero-order valence-corrected chi connectivity index (χ0v) is 13.1. The summed E-state index contributed by atoms with van der Waals surface area (Å²) in [5.74, 6) is 0. The molecule has 0 bridgehead atoms. The molecule has 0 saturated carbocycles. The molecule has 0 unspecified atom stereocenters. The van der Waals surface area contributed by atoms with Crippen LogP contribution < -0.4 is 5.32 Å². The Morgan fingerprint density at radius 3 is 2.75 bits per heavy atom. The van der Waals surface area contributed by atoms with Crippen molar-refractivity contribution in [1.82, 2.24) is 24.9 Å². The van der Waals surface area contributed by atoms with E-state index in [1.165, 1.54) is 5.56 Å². The van der Waals surface area contributed by atoms with Crippen LogP contribution in [0.15, 0.2) is 12.4 Å². The second kappa shape index (κ2) is 6.90. The molecule has 1 N–H and O–H groups in total. The molecule has 20 heavy (non-hydrogen) atoms. The molecule has 0 aliphatic carbocycles. The Morgan fingerprint density at radius 1 is 1.35 bits per heavy atom. The summed E-state index contributed by atoms with van der Waals surface area (Å²) in [5, 5.41) is 12.9. The third-order valence-corrected chi connectivity index (χ3v) is 3.77. The highest BCUT2D eigenvalue weighted by Crippen LogP contribution is 2.21. The van der Waals surface area contributed by atoms with Crippen molar-refractivity contribution in [2.45, 2.75) is 39.8 Å². The van der Waals surface area contributed by atoms with Crippen molar-refractivity contribution < 1.29 is 0 Å². The van der Waals surface area contributed by atoms with Crippen molar-refractivity contribution in [3.8, 4) is 0 Å². The van der Waals surface area contributed by atoms with Gasteiger partial charge in [-0.15, -0.1) is 0 Å². The monoisotopic (exact) mass is 295 g/mol. The first-order chi connectivity index (χ1) is 9.65. The summed E-state index contributed by atoms with van der Waals surface area (Å²) >= 11 is 6.37. The van der Waals surface area contributed by atoms with E-state index >= 15 is 0 Å². The Bertz CT molecular complexity index is 558. The molecule has 2 heterocycles. The minimum absolute atomic E-state index is 0.750. The maximum Gasteiger partial charge on any atom is 0.0863 e. The standard InChI is InChI=1S/C14H22ClN5/c1-4-12-14(15)13(20(5-2)18-12)9-16-7-6-11-8-17-19(3)10-11/h8,10,16H,4-7,9H2,1-3H3. The van der Waals surface area contributed by atoms with Gasteiger partial charge in [0.15, 0.2) is 0 Å². The molecular weight excluding hydrogens is 274 g/mol. The largest absolute Gasteiger partial charge is 0.311 e. The molecule has 5 nitrogen and oxygen atoms in total. The molecule has 0 aliphatic rings. The van der Waals surface area contributed by atoms with Crippen LogP contribution in [0.4, 0.5) is 0 Å². The summed E-state index contributed by atoms with van der Waals surface area (Å²) in [6.45, 7) is 6.66. The molecule has 0 saturated heterocycles. The zero-order chi connectivity index (χ0) is 14.5. The Labute approximate surface area is 124 Å². The molecule has 2 aromatic rings. The van der Waals surface area contributed by atoms with Gasteiger partial charge in [-0.25, -0.2) is 0 Å². The van der Waals surface area contributed by atoms with Gasteiger partial charge in [0.05, 0.1) is 22.6 Å². The Kier molecular flexibility index (Phi) is 5.20. The van der Waals surface area contributed by atoms with Crippen LogP contribution in [-0.2, 0) is 33.0 Å². The van der Waals surface area contributed by atoms with E-state index in [-0.39, 0.29) is 0 Å². The minimum atomic E-state index is 0.750. The van der Waals surface area contributed by atoms with Gasteiger partial charge in [0.25, 0.3) is 0 Å². The first-order valence-electron chi connectivity index (χ1n) is 7.08. The molecule has 0 radical (unpaired) electrons. The molecule has 0 spiro atoms. The van der Waals surface area contributed by atoms with E-state index in [1.807, 2.05) is 28.8 Å². The SMILES string of the molecule is CCc1nn(CC)c(CNCCc2cnn(C)c2)c1Cl. The molecule has 110 valence electrons. The highest BCUT2D eigenvalue weighted by molar-refractivity contribution is 6.31. The first-order valence-corrected chi connectivity index (χ1v) is 7.45. The average Bonchev–Trinajstić information content (AvgIpc) is 2.99. The van der Waals surface area contributed by atoms with Crippen LogP contribution in [0.5, 0.6) is 0 Å². The maximum atomic E-state index is 6.37. The fourth-order valence-corrected chi connectivity index (χ4v) is 2.56. The minimum Gasteiger partial charge on any atom is -0.311 e. The normalized spacial score (nSPS) is 11.2. The predicted octanol–water partition coefficient (Wildman–Crippen LogP) is 2.18. The number of aryl methyl sites for hydroxylation is 3. The third-order valence-electron chi connectivity index (χ3n) is 3.34. The van der Waals surface area contributed by atoms with Crippen LogP contribution in [0.1, 0.15) is 30.8 Å². The highest BCUT2D eigenvalue weighted by atomic mass is 35.5. The summed E-state index contributed by atoms with van der Waals surface area (Å²) < 4.78 is 3.81. The van der Waals surface area contributed by atoms with E-state index in [0.717, 1.165) is 48.9 Å². The predicted molar refractivity (Wildman–Crippen MR) is 80.9 cm³/mol. The van der Waals surface area contributed by atoms with Crippen molar-refractivity contribution in [3.63, 3.8) is 0 Å². The summed E-state index contributed by atoms with van der Waals surface area (Å²) in [6, 6.07) is 0. The van der Waals surface area contributed by atoms with Crippen molar-refractivity contribution in [2.75, 3.05) is 6.54 Å². The summed E-state index contributed by atoms with van der Waals surface area (Å²) in [5.41, 5.74) is 3.30. The number of rotatable bonds is 7. The zero-order valence-electron chi connectivity index (χ0n) is 12.4. The van der Waals surface area contributed by atoms with Gasteiger partial charge in [-0.1, -0.05) is 18.5 Å². The molecule has 0 atom stereocenters. The van der Waals surface area contributed by atoms with Gasteiger partial charge >= 0.3 is 0 Å². The Balaban J connectivity index is 1.89.